The van der Waals surface area contributed by atoms with Crippen LogP contribution in [-0.2, 0) is 14.8 Å². The number of nitrogens with one attached hydrogen (secondary N) is 1. The number of nitrogens with zero attached hydrogens (tertiary/aromatic N) is 1. The van der Waals surface area contributed by atoms with Crippen molar-refractivity contribution in [3.8, 4) is 0 Å². The standard InChI is InChI=1S/C13H16N2O6S/c16-13(21-11-4-2-1-3-5-11)14-22(19,20)12-8-6-10(7-9-12)15(17)18/h6-9,11H,1-5H2,(H,14,16). The van der Waals surface area contributed by atoms with Crippen LogP contribution in [0.1, 0.15) is 32.1 Å². The molecule has 0 unspecified atom stereocenters. The molecule has 1 aliphatic rings. The highest BCUT2D eigenvalue weighted by Gasteiger charge is 2.23. The zero-order valence-corrected chi connectivity index (χ0v) is 12.5. The van der Waals surface area contributed by atoms with Crippen LogP contribution in [0.4, 0.5) is 10.5 Å². The number of nitro groups is 1. The van der Waals surface area contributed by atoms with Gasteiger partial charge in [-0.05, 0) is 37.8 Å². The lowest BCUT2D eigenvalue weighted by Gasteiger charge is -2.21. The molecule has 0 saturated heterocycles. The van der Waals surface area contributed by atoms with Crippen molar-refractivity contribution in [2.24, 2.45) is 0 Å². The van der Waals surface area contributed by atoms with Crippen LogP contribution in [0.5, 0.6) is 0 Å². The van der Waals surface area contributed by atoms with Crippen LogP contribution in [0.15, 0.2) is 29.2 Å². The fourth-order valence-corrected chi connectivity index (χ4v) is 3.15. The smallest absolute Gasteiger partial charge is 0.421 e. The number of benzene rings is 1. The van der Waals surface area contributed by atoms with E-state index in [1.165, 1.54) is 0 Å². The van der Waals surface area contributed by atoms with Crippen molar-refractivity contribution in [3.05, 3.63) is 34.4 Å². The van der Waals surface area contributed by atoms with Gasteiger partial charge in [-0.1, -0.05) is 6.42 Å². The number of amides is 1. The predicted octanol–water partition coefficient (Wildman–Crippen LogP) is 2.34. The summed E-state index contributed by atoms with van der Waals surface area (Å²) in [5.74, 6) is 0. The first-order valence-corrected chi connectivity index (χ1v) is 8.35. The Balaban J connectivity index is 2.00. The van der Waals surface area contributed by atoms with Crippen molar-refractivity contribution in [1.29, 1.82) is 0 Å². The first-order chi connectivity index (χ1) is 10.4. The number of non-ortho nitro benzene ring substituents is 1. The van der Waals surface area contributed by atoms with E-state index < -0.39 is 21.0 Å². The molecule has 1 amide bonds. The predicted molar refractivity (Wildman–Crippen MR) is 76.8 cm³/mol. The monoisotopic (exact) mass is 328 g/mol. The molecule has 1 aromatic carbocycles. The van der Waals surface area contributed by atoms with E-state index in [-0.39, 0.29) is 16.7 Å². The number of carbonyl (C=O) groups is 1. The summed E-state index contributed by atoms with van der Waals surface area (Å²) in [5.41, 5.74) is -0.233. The summed E-state index contributed by atoms with van der Waals surface area (Å²) in [5, 5.41) is 10.5. The molecular weight excluding hydrogens is 312 g/mol. The van der Waals surface area contributed by atoms with Gasteiger partial charge in [-0.15, -0.1) is 0 Å². The highest BCUT2D eigenvalue weighted by Crippen LogP contribution is 2.21. The van der Waals surface area contributed by atoms with Crippen LogP contribution < -0.4 is 4.72 Å². The van der Waals surface area contributed by atoms with Crippen LogP contribution in [0, 0.1) is 10.1 Å². The average Bonchev–Trinajstić information content (AvgIpc) is 2.47. The average molecular weight is 328 g/mol. The number of ether oxygens (including phenoxy) is 1. The third-order valence-electron chi connectivity index (χ3n) is 3.40. The molecule has 1 aliphatic carbocycles. The quantitative estimate of drug-likeness (QED) is 0.670. The summed E-state index contributed by atoms with van der Waals surface area (Å²) >= 11 is 0. The van der Waals surface area contributed by atoms with Gasteiger partial charge in [0.1, 0.15) is 6.10 Å². The number of nitro benzene ring substituents is 1. The molecule has 0 aliphatic heterocycles. The molecule has 0 spiro atoms. The lowest BCUT2D eigenvalue weighted by molar-refractivity contribution is -0.384. The Morgan fingerprint density at radius 2 is 1.77 bits per heavy atom. The summed E-state index contributed by atoms with van der Waals surface area (Å²) in [6.07, 6.45) is 3.16. The summed E-state index contributed by atoms with van der Waals surface area (Å²) in [6, 6.07) is 4.24. The first-order valence-electron chi connectivity index (χ1n) is 6.86. The minimum Gasteiger partial charge on any atom is -0.446 e. The molecule has 120 valence electrons. The van der Waals surface area contributed by atoms with Crippen molar-refractivity contribution in [2.45, 2.75) is 43.1 Å². The zero-order valence-electron chi connectivity index (χ0n) is 11.7. The van der Waals surface area contributed by atoms with E-state index in [9.17, 15) is 23.3 Å². The summed E-state index contributed by atoms with van der Waals surface area (Å²) < 4.78 is 30.9. The Kier molecular flexibility index (Phi) is 4.96. The Bertz CT molecular complexity index is 650. The van der Waals surface area contributed by atoms with E-state index in [0.29, 0.717) is 0 Å². The molecule has 0 radical (unpaired) electrons. The molecule has 0 aromatic heterocycles. The third-order valence-corrected chi connectivity index (χ3v) is 4.73. The normalized spacial score (nSPS) is 16.0. The highest BCUT2D eigenvalue weighted by atomic mass is 32.2. The summed E-state index contributed by atoms with van der Waals surface area (Å²) in [4.78, 5) is 21.3. The van der Waals surface area contributed by atoms with Crippen molar-refractivity contribution in [2.75, 3.05) is 0 Å². The molecule has 1 N–H and O–H groups in total. The van der Waals surface area contributed by atoms with E-state index in [4.69, 9.17) is 4.74 Å². The first kappa shape index (κ1) is 16.2. The Labute approximate surface area is 127 Å². The summed E-state index contributed by atoms with van der Waals surface area (Å²) in [7, 11) is -4.10. The van der Waals surface area contributed by atoms with Gasteiger partial charge in [0.25, 0.3) is 15.7 Å². The third kappa shape index (κ3) is 4.17. The molecule has 2 rings (SSSR count). The fraction of sp³-hybridized carbons (Fsp3) is 0.462. The second-order valence-electron chi connectivity index (χ2n) is 5.02. The van der Waals surface area contributed by atoms with Crippen LogP contribution in [0.3, 0.4) is 0 Å². The van der Waals surface area contributed by atoms with Gasteiger partial charge >= 0.3 is 6.09 Å². The van der Waals surface area contributed by atoms with Crippen LogP contribution >= 0.6 is 0 Å². The molecule has 0 heterocycles. The molecule has 1 fully saturated rings. The topological polar surface area (TPSA) is 116 Å². The Morgan fingerprint density at radius 1 is 1.18 bits per heavy atom. The van der Waals surface area contributed by atoms with Gasteiger partial charge in [0.2, 0.25) is 0 Å². The minimum absolute atomic E-state index is 0.233. The largest absolute Gasteiger partial charge is 0.446 e. The fourth-order valence-electron chi connectivity index (χ4n) is 2.27. The van der Waals surface area contributed by atoms with Crippen LogP contribution in [-0.4, -0.2) is 25.5 Å². The van der Waals surface area contributed by atoms with E-state index in [2.05, 4.69) is 0 Å². The number of hydrogen-bond donors (Lipinski definition) is 1. The van der Waals surface area contributed by atoms with Crippen LogP contribution in [0.25, 0.3) is 0 Å². The maximum absolute atomic E-state index is 12.0. The van der Waals surface area contributed by atoms with Gasteiger partial charge in [0, 0.05) is 12.1 Å². The maximum atomic E-state index is 12.0. The van der Waals surface area contributed by atoms with Crippen molar-refractivity contribution >= 4 is 21.8 Å². The lowest BCUT2D eigenvalue weighted by Crippen LogP contribution is -2.34. The van der Waals surface area contributed by atoms with Gasteiger partial charge < -0.3 is 4.74 Å². The molecule has 0 atom stereocenters. The van der Waals surface area contributed by atoms with Gasteiger partial charge in [0.15, 0.2) is 0 Å². The zero-order chi connectivity index (χ0) is 16.2. The molecule has 8 nitrogen and oxygen atoms in total. The van der Waals surface area contributed by atoms with Crippen molar-refractivity contribution < 1.29 is 22.9 Å². The Morgan fingerprint density at radius 3 is 2.32 bits per heavy atom. The van der Waals surface area contributed by atoms with Crippen molar-refractivity contribution in [1.82, 2.24) is 4.72 Å². The number of hydrogen-bond acceptors (Lipinski definition) is 6. The maximum Gasteiger partial charge on any atom is 0.421 e. The highest BCUT2D eigenvalue weighted by molar-refractivity contribution is 7.90. The molecule has 22 heavy (non-hydrogen) atoms. The second kappa shape index (κ2) is 6.73. The van der Waals surface area contributed by atoms with Gasteiger partial charge in [-0.3, -0.25) is 10.1 Å². The number of carbonyl (C=O) groups excluding carboxylic acids is 1. The molecule has 9 heteroatoms. The van der Waals surface area contributed by atoms with E-state index in [1.54, 1.807) is 0 Å². The number of sulfonamides is 1. The van der Waals surface area contributed by atoms with E-state index >= 15 is 0 Å². The van der Waals surface area contributed by atoms with E-state index in [0.717, 1.165) is 56.4 Å². The van der Waals surface area contributed by atoms with Crippen molar-refractivity contribution in [3.63, 3.8) is 0 Å². The van der Waals surface area contributed by atoms with E-state index in [1.807, 2.05) is 4.72 Å². The molecule has 1 aromatic rings. The van der Waals surface area contributed by atoms with Crippen LogP contribution in [0.2, 0.25) is 0 Å². The molecular formula is C13H16N2O6S. The lowest BCUT2D eigenvalue weighted by atomic mass is 9.98. The van der Waals surface area contributed by atoms with Gasteiger partial charge in [0.05, 0.1) is 9.82 Å². The SMILES string of the molecule is O=C(NS(=O)(=O)c1ccc([N+](=O)[O-])cc1)OC1CCCCC1. The van der Waals surface area contributed by atoms with Gasteiger partial charge in [-0.25, -0.2) is 17.9 Å². The van der Waals surface area contributed by atoms with Gasteiger partial charge in [-0.2, -0.15) is 0 Å². The second-order valence-corrected chi connectivity index (χ2v) is 6.70. The Hall–Kier alpha value is -2.16. The minimum atomic E-state index is -4.10. The molecule has 1 saturated carbocycles. The molecule has 0 bridgehead atoms. The number of rotatable bonds is 4. The summed E-state index contributed by atoms with van der Waals surface area (Å²) in [6.45, 7) is 0.